The number of nitrogens with two attached hydrogens (primary N) is 2. The summed E-state index contributed by atoms with van der Waals surface area (Å²) in [5.41, 5.74) is 7.87. The highest BCUT2D eigenvalue weighted by molar-refractivity contribution is 5.67. The van der Waals surface area contributed by atoms with Crippen molar-refractivity contribution in [3.8, 4) is 0 Å². The van der Waals surface area contributed by atoms with E-state index in [0.29, 0.717) is 0 Å². The van der Waals surface area contributed by atoms with Crippen molar-refractivity contribution in [2.75, 3.05) is 36.8 Å². The van der Waals surface area contributed by atoms with E-state index in [9.17, 15) is 0 Å². The number of nitrogen functional groups attached to an aromatic ring is 1. The van der Waals surface area contributed by atoms with Crippen LogP contribution in [0.3, 0.4) is 0 Å². The summed E-state index contributed by atoms with van der Waals surface area (Å²) in [6.45, 7) is 3.69. The molecule has 0 amide bonds. The molecule has 0 unspecified atom stereocenters. The molecule has 4 N–H and O–H groups in total. The highest BCUT2D eigenvalue weighted by Crippen LogP contribution is 2.22. The number of nitrogens with zero attached hydrogens (tertiary/aromatic N) is 2. The lowest BCUT2D eigenvalue weighted by molar-refractivity contribution is 0.266. The van der Waals surface area contributed by atoms with Crippen LogP contribution in [0, 0.1) is 0 Å². The molecule has 0 spiro atoms. The lowest BCUT2D eigenvalue weighted by Crippen LogP contribution is -2.49. The third-order valence-corrected chi connectivity index (χ3v) is 2.59. The second-order valence-electron chi connectivity index (χ2n) is 3.58. The van der Waals surface area contributed by atoms with E-state index < -0.39 is 0 Å². The molecule has 4 nitrogen and oxygen atoms in total. The normalized spacial score (nSPS) is 18.5. The molecule has 0 aliphatic carbocycles. The van der Waals surface area contributed by atoms with E-state index in [0.717, 1.165) is 37.6 Å². The van der Waals surface area contributed by atoms with E-state index >= 15 is 0 Å². The maximum atomic E-state index is 5.90. The molecule has 1 heterocycles. The zero-order valence-electron chi connectivity index (χ0n) is 8.19. The maximum Gasteiger partial charge on any atom is 0.0600 e. The summed E-state index contributed by atoms with van der Waals surface area (Å²) < 4.78 is 0. The molecule has 0 atom stereocenters. The van der Waals surface area contributed by atoms with Gasteiger partial charge in [-0.1, -0.05) is 12.1 Å². The van der Waals surface area contributed by atoms with Crippen LogP contribution in [0.25, 0.3) is 0 Å². The summed E-state index contributed by atoms with van der Waals surface area (Å²) in [5.74, 6) is 5.69. The van der Waals surface area contributed by atoms with Crippen molar-refractivity contribution < 1.29 is 0 Å². The standard InChI is InChI=1S/C10H16N4/c11-9-3-1-2-4-10(9)13-5-7-14(12)8-6-13/h1-4H,5-8,11-12H2. The smallest absolute Gasteiger partial charge is 0.0600 e. The van der Waals surface area contributed by atoms with Gasteiger partial charge in [-0.05, 0) is 12.1 Å². The molecule has 0 saturated carbocycles. The van der Waals surface area contributed by atoms with Gasteiger partial charge in [-0.15, -0.1) is 0 Å². The van der Waals surface area contributed by atoms with Gasteiger partial charge < -0.3 is 10.6 Å². The van der Waals surface area contributed by atoms with Gasteiger partial charge in [0.25, 0.3) is 0 Å². The Morgan fingerprint density at radius 1 is 1.00 bits per heavy atom. The molecule has 1 aromatic carbocycles. The molecule has 1 aliphatic heterocycles. The van der Waals surface area contributed by atoms with Crippen molar-refractivity contribution in [1.29, 1.82) is 0 Å². The molecule has 0 radical (unpaired) electrons. The highest BCUT2D eigenvalue weighted by Gasteiger charge is 2.15. The molecule has 4 heteroatoms. The Hall–Kier alpha value is -1.26. The SMILES string of the molecule is Nc1ccccc1N1CCN(N)CC1. The van der Waals surface area contributed by atoms with Crippen LogP contribution >= 0.6 is 0 Å². The first kappa shape index (κ1) is 9.30. The number of piperazine rings is 1. The Labute approximate surface area is 84.1 Å². The number of hydrazine groups is 1. The summed E-state index contributed by atoms with van der Waals surface area (Å²) in [5, 5.41) is 1.84. The Kier molecular flexibility index (Phi) is 2.56. The Bertz CT molecular complexity index is 305. The topological polar surface area (TPSA) is 58.5 Å². The number of benzene rings is 1. The van der Waals surface area contributed by atoms with Crippen LogP contribution in [-0.4, -0.2) is 31.2 Å². The fourth-order valence-electron chi connectivity index (χ4n) is 1.74. The van der Waals surface area contributed by atoms with E-state index in [2.05, 4.69) is 11.0 Å². The second-order valence-corrected chi connectivity index (χ2v) is 3.58. The first-order valence-corrected chi connectivity index (χ1v) is 4.86. The predicted molar refractivity (Wildman–Crippen MR) is 58.8 cm³/mol. The summed E-state index contributed by atoms with van der Waals surface area (Å²) in [6.07, 6.45) is 0. The van der Waals surface area contributed by atoms with Gasteiger partial charge in [0.2, 0.25) is 0 Å². The van der Waals surface area contributed by atoms with E-state index in [1.807, 2.05) is 23.2 Å². The van der Waals surface area contributed by atoms with Gasteiger partial charge in [0.1, 0.15) is 0 Å². The van der Waals surface area contributed by atoms with Crippen LogP contribution in [0.4, 0.5) is 11.4 Å². The third-order valence-electron chi connectivity index (χ3n) is 2.59. The molecule has 0 bridgehead atoms. The van der Waals surface area contributed by atoms with Crippen molar-refractivity contribution >= 4 is 11.4 Å². The van der Waals surface area contributed by atoms with Crippen molar-refractivity contribution in [2.45, 2.75) is 0 Å². The summed E-state index contributed by atoms with van der Waals surface area (Å²) in [4.78, 5) is 2.28. The molecule has 1 saturated heterocycles. The Morgan fingerprint density at radius 2 is 1.64 bits per heavy atom. The first-order valence-electron chi connectivity index (χ1n) is 4.86. The quantitative estimate of drug-likeness (QED) is 0.495. The zero-order valence-corrected chi connectivity index (χ0v) is 8.19. The van der Waals surface area contributed by atoms with Gasteiger partial charge in [-0.25, -0.2) is 5.01 Å². The molecular formula is C10H16N4. The average molecular weight is 192 g/mol. The molecule has 1 aliphatic rings. The van der Waals surface area contributed by atoms with E-state index in [4.69, 9.17) is 11.6 Å². The minimum absolute atomic E-state index is 0.845. The monoisotopic (exact) mass is 192 g/mol. The average Bonchev–Trinajstić information content (AvgIpc) is 2.20. The first-order chi connectivity index (χ1) is 6.77. The fourth-order valence-corrected chi connectivity index (χ4v) is 1.74. The molecule has 76 valence electrons. The Morgan fingerprint density at radius 3 is 2.29 bits per heavy atom. The number of hydrogen-bond donors (Lipinski definition) is 2. The van der Waals surface area contributed by atoms with Gasteiger partial charge in [-0.2, -0.15) is 0 Å². The van der Waals surface area contributed by atoms with E-state index in [-0.39, 0.29) is 0 Å². The number of para-hydroxylation sites is 2. The number of anilines is 2. The molecule has 1 fully saturated rings. The van der Waals surface area contributed by atoms with Crippen LogP contribution in [0.2, 0.25) is 0 Å². The lowest BCUT2D eigenvalue weighted by Gasteiger charge is -2.34. The van der Waals surface area contributed by atoms with Gasteiger partial charge in [0.15, 0.2) is 0 Å². The minimum atomic E-state index is 0.845. The van der Waals surface area contributed by atoms with Crippen molar-refractivity contribution in [2.24, 2.45) is 5.84 Å². The fraction of sp³-hybridized carbons (Fsp3) is 0.400. The maximum absolute atomic E-state index is 5.90. The molecule has 0 aromatic heterocycles. The molecule has 14 heavy (non-hydrogen) atoms. The van der Waals surface area contributed by atoms with Gasteiger partial charge in [0.05, 0.1) is 11.4 Å². The number of hydrogen-bond acceptors (Lipinski definition) is 4. The second kappa shape index (κ2) is 3.86. The molecule has 2 rings (SSSR count). The van der Waals surface area contributed by atoms with Crippen LogP contribution in [-0.2, 0) is 0 Å². The summed E-state index contributed by atoms with van der Waals surface area (Å²) in [7, 11) is 0. The van der Waals surface area contributed by atoms with Crippen LogP contribution in [0.15, 0.2) is 24.3 Å². The molecule has 1 aromatic rings. The highest BCUT2D eigenvalue weighted by atomic mass is 15.4. The van der Waals surface area contributed by atoms with Gasteiger partial charge in [0, 0.05) is 26.2 Å². The van der Waals surface area contributed by atoms with Crippen LogP contribution in [0.5, 0.6) is 0 Å². The molecular weight excluding hydrogens is 176 g/mol. The third kappa shape index (κ3) is 1.81. The van der Waals surface area contributed by atoms with Crippen molar-refractivity contribution in [1.82, 2.24) is 5.01 Å². The van der Waals surface area contributed by atoms with Crippen LogP contribution in [0.1, 0.15) is 0 Å². The zero-order chi connectivity index (χ0) is 9.97. The lowest BCUT2D eigenvalue weighted by atomic mass is 10.2. The predicted octanol–water partition coefficient (Wildman–Crippen LogP) is 0.265. The van der Waals surface area contributed by atoms with E-state index in [1.54, 1.807) is 0 Å². The van der Waals surface area contributed by atoms with Crippen molar-refractivity contribution in [3.05, 3.63) is 24.3 Å². The Balaban J connectivity index is 2.12. The van der Waals surface area contributed by atoms with Crippen molar-refractivity contribution in [3.63, 3.8) is 0 Å². The van der Waals surface area contributed by atoms with Gasteiger partial charge >= 0.3 is 0 Å². The van der Waals surface area contributed by atoms with Gasteiger partial charge in [-0.3, -0.25) is 5.84 Å². The summed E-state index contributed by atoms with van der Waals surface area (Å²) >= 11 is 0. The number of rotatable bonds is 1. The minimum Gasteiger partial charge on any atom is -0.397 e. The van der Waals surface area contributed by atoms with Crippen LogP contribution < -0.4 is 16.5 Å². The van der Waals surface area contributed by atoms with E-state index in [1.165, 1.54) is 0 Å². The largest absolute Gasteiger partial charge is 0.397 e. The summed E-state index contributed by atoms with van der Waals surface area (Å²) in [6, 6.07) is 7.96.